The SMILES string of the molecule is CCN(CC(=O)O)C(=O)c1ccc(C(=O)N(C)C)cc1. The molecule has 20 heavy (non-hydrogen) atoms. The maximum absolute atomic E-state index is 12.1. The van der Waals surface area contributed by atoms with E-state index in [1.807, 2.05) is 0 Å². The first kappa shape index (κ1) is 15.7. The second kappa shape index (κ2) is 6.70. The largest absolute Gasteiger partial charge is 0.480 e. The summed E-state index contributed by atoms with van der Waals surface area (Å²) in [5, 5.41) is 8.74. The van der Waals surface area contributed by atoms with Crippen LogP contribution in [-0.2, 0) is 4.79 Å². The van der Waals surface area contributed by atoms with Crippen LogP contribution in [0.4, 0.5) is 0 Å². The van der Waals surface area contributed by atoms with Crippen LogP contribution in [0.25, 0.3) is 0 Å². The number of rotatable bonds is 5. The molecule has 0 bridgehead atoms. The summed E-state index contributed by atoms with van der Waals surface area (Å²) in [7, 11) is 3.29. The standard InChI is InChI=1S/C14H18N2O4/c1-4-16(9-12(17)18)14(20)11-7-5-10(6-8-11)13(19)15(2)3/h5-8H,4,9H2,1-3H3,(H,17,18). The Balaban J connectivity index is 2.89. The highest BCUT2D eigenvalue weighted by atomic mass is 16.4. The van der Waals surface area contributed by atoms with Gasteiger partial charge in [0.05, 0.1) is 0 Å². The zero-order chi connectivity index (χ0) is 15.3. The van der Waals surface area contributed by atoms with Crippen molar-refractivity contribution in [2.75, 3.05) is 27.2 Å². The van der Waals surface area contributed by atoms with E-state index in [9.17, 15) is 14.4 Å². The third-order valence-electron chi connectivity index (χ3n) is 2.78. The molecular weight excluding hydrogens is 260 g/mol. The highest BCUT2D eigenvalue weighted by Gasteiger charge is 2.17. The Labute approximate surface area is 117 Å². The lowest BCUT2D eigenvalue weighted by atomic mass is 10.1. The van der Waals surface area contributed by atoms with Crippen molar-refractivity contribution in [3.8, 4) is 0 Å². The lowest BCUT2D eigenvalue weighted by Crippen LogP contribution is -2.35. The monoisotopic (exact) mass is 278 g/mol. The number of hydrogen-bond acceptors (Lipinski definition) is 3. The summed E-state index contributed by atoms with van der Waals surface area (Å²) in [4.78, 5) is 37.2. The van der Waals surface area contributed by atoms with E-state index >= 15 is 0 Å². The zero-order valence-corrected chi connectivity index (χ0v) is 11.8. The van der Waals surface area contributed by atoms with E-state index in [4.69, 9.17) is 5.11 Å². The van der Waals surface area contributed by atoms with Crippen LogP contribution in [0.5, 0.6) is 0 Å². The number of carboxylic acid groups (broad SMARTS) is 1. The van der Waals surface area contributed by atoms with E-state index in [-0.39, 0.29) is 18.4 Å². The molecule has 0 aliphatic heterocycles. The van der Waals surface area contributed by atoms with E-state index in [0.717, 1.165) is 0 Å². The lowest BCUT2D eigenvalue weighted by molar-refractivity contribution is -0.137. The first-order valence-electron chi connectivity index (χ1n) is 6.19. The van der Waals surface area contributed by atoms with Crippen LogP contribution in [-0.4, -0.2) is 59.9 Å². The van der Waals surface area contributed by atoms with Crippen LogP contribution in [0, 0.1) is 0 Å². The summed E-state index contributed by atoms with van der Waals surface area (Å²) in [6.07, 6.45) is 0. The number of likely N-dealkylation sites (N-methyl/N-ethyl adjacent to an activating group) is 1. The summed E-state index contributed by atoms with van der Waals surface area (Å²) in [5.41, 5.74) is 0.844. The molecule has 1 rings (SSSR count). The first-order valence-corrected chi connectivity index (χ1v) is 6.19. The number of carbonyl (C=O) groups is 3. The minimum Gasteiger partial charge on any atom is -0.480 e. The van der Waals surface area contributed by atoms with Crippen molar-refractivity contribution in [2.24, 2.45) is 0 Å². The lowest BCUT2D eigenvalue weighted by Gasteiger charge is -2.18. The van der Waals surface area contributed by atoms with Gasteiger partial charge in [-0.2, -0.15) is 0 Å². The first-order chi connectivity index (χ1) is 9.36. The predicted octanol–water partition coefficient (Wildman–Crippen LogP) is 0.935. The Morgan fingerprint density at radius 1 is 1.00 bits per heavy atom. The fourth-order valence-corrected chi connectivity index (χ4v) is 1.69. The Kier molecular flexibility index (Phi) is 5.25. The third-order valence-corrected chi connectivity index (χ3v) is 2.78. The molecule has 1 aromatic carbocycles. The Hall–Kier alpha value is -2.37. The molecule has 0 aromatic heterocycles. The molecule has 108 valence electrons. The summed E-state index contributed by atoms with van der Waals surface area (Å²) in [5.74, 6) is -1.57. The second-order valence-electron chi connectivity index (χ2n) is 4.49. The summed E-state index contributed by atoms with van der Waals surface area (Å²) in [6, 6.07) is 6.18. The molecule has 0 heterocycles. The van der Waals surface area contributed by atoms with Gasteiger partial charge >= 0.3 is 5.97 Å². The van der Waals surface area contributed by atoms with E-state index < -0.39 is 5.97 Å². The summed E-state index contributed by atoms with van der Waals surface area (Å²) in [6.45, 7) is 1.68. The highest BCUT2D eigenvalue weighted by Crippen LogP contribution is 2.09. The molecule has 0 aliphatic carbocycles. The van der Waals surface area contributed by atoms with Crippen molar-refractivity contribution in [1.29, 1.82) is 0 Å². The van der Waals surface area contributed by atoms with Gasteiger partial charge in [-0.3, -0.25) is 14.4 Å². The topological polar surface area (TPSA) is 77.9 Å². The van der Waals surface area contributed by atoms with Crippen molar-refractivity contribution in [3.63, 3.8) is 0 Å². The van der Waals surface area contributed by atoms with Gasteiger partial charge in [-0.1, -0.05) is 0 Å². The van der Waals surface area contributed by atoms with Crippen LogP contribution < -0.4 is 0 Å². The third kappa shape index (κ3) is 3.81. The average molecular weight is 278 g/mol. The van der Waals surface area contributed by atoms with Gasteiger partial charge in [0.2, 0.25) is 0 Å². The molecule has 0 fully saturated rings. The van der Waals surface area contributed by atoms with Crippen molar-refractivity contribution in [2.45, 2.75) is 6.92 Å². The highest BCUT2D eigenvalue weighted by molar-refractivity contribution is 5.98. The molecule has 0 unspecified atom stereocenters. The molecule has 0 saturated carbocycles. The molecule has 2 amide bonds. The molecule has 0 atom stereocenters. The maximum Gasteiger partial charge on any atom is 0.323 e. The van der Waals surface area contributed by atoms with E-state index in [1.54, 1.807) is 33.2 Å². The summed E-state index contributed by atoms with van der Waals surface area (Å²) < 4.78 is 0. The average Bonchev–Trinajstić information content (AvgIpc) is 2.43. The molecule has 1 N–H and O–H groups in total. The number of carbonyl (C=O) groups excluding carboxylic acids is 2. The fourth-order valence-electron chi connectivity index (χ4n) is 1.69. The number of amides is 2. The Morgan fingerprint density at radius 3 is 1.80 bits per heavy atom. The molecule has 6 nitrogen and oxygen atoms in total. The number of benzene rings is 1. The van der Waals surface area contributed by atoms with Gasteiger partial charge in [-0.15, -0.1) is 0 Å². The molecule has 1 aromatic rings. The van der Waals surface area contributed by atoms with Crippen LogP contribution in [0.15, 0.2) is 24.3 Å². The van der Waals surface area contributed by atoms with Crippen molar-refractivity contribution >= 4 is 17.8 Å². The Morgan fingerprint density at radius 2 is 1.45 bits per heavy atom. The second-order valence-corrected chi connectivity index (χ2v) is 4.49. The van der Waals surface area contributed by atoms with Crippen LogP contribution in [0.2, 0.25) is 0 Å². The number of hydrogen-bond donors (Lipinski definition) is 1. The van der Waals surface area contributed by atoms with Gasteiger partial charge in [0.15, 0.2) is 0 Å². The zero-order valence-electron chi connectivity index (χ0n) is 11.8. The molecule has 6 heteroatoms. The normalized spacial score (nSPS) is 9.95. The van der Waals surface area contributed by atoms with Gasteiger partial charge in [-0.25, -0.2) is 0 Å². The molecule has 0 spiro atoms. The molecule has 0 radical (unpaired) electrons. The number of carboxylic acids is 1. The van der Waals surface area contributed by atoms with Gasteiger partial charge in [-0.05, 0) is 31.2 Å². The van der Waals surface area contributed by atoms with Crippen LogP contribution in [0.1, 0.15) is 27.6 Å². The van der Waals surface area contributed by atoms with Crippen LogP contribution in [0.3, 0.4) is 0 Å². The summed E-state index contributed by atoms with van der Waals surface area (Å²) >= 11 is 0. The Bertz CT molecular complexity index is 508. The van der Waals surface area contributed by atoms with Gasteiger partial charge in [0.25, 0.3) is 11.8 Å². The van der Waals surface area contributed by atoms with E-state index in [0.29, 0.717) is 17.7 Å². The quantitative estimate of drug-likeness (QED) is 0.869. The maximum atomic E-state index is 12.1. The smallest absolute Gasteiger partial charge is 0.323 e. The van der Waals surface area contributed by atoms with Crippen molar-refractivity contribution < 1.29 is 19.5 Å². The minimum absolute atomic E-state index is 0.151. The number of nitrogens with zero attached hydrogens (tertiary/aromatic N) is 2. The minimum atomic E-state index is -1.06. The molecule has 0 aliphatic rings. The van der Waals surface area contributed by atoms with Gasteiger partial charge < -0.3 is 14.9 Å². The van der Waals surface area contributed by atoms with Crippen LogP contribution >= 0.6 is 0 Å². The molecule has 0 saturated heterocycles. The predicted molar refractivity (Wildman–Crippen MR) is 73.7 cm³/mol. The van der Waals surface area contributed by atoms with Crippen molar-refractivity contribution in [1.82, 2.24) is 9.80 Å². The van der Waals surface area contributed by atoms with Crippen molar-refractivity contribution in [3.05, 3.63) is 35.4 Å². The van der Waals surface area contributed by atoms with E-state index in [1.165, 1.54) is 21.9 Å². The molecular formula is C14H18N2O4. The van der Waals surface area contributed by atoms with E-state index in [2.05, 4.69) is 0 Å². The van der Waals surface area contributed by atoms with Gasteiger partial charge in [0, 0.05) is 31.8 Å². The van der Waals surface area contributed by atoms with Gasteiger partial charge in [0.1, 0.15) is 6.54 Å². The number of aliphatic carboxylic acids is 1. The fraction of sp³-hybridized carbons (Fsp3) is 0.357.